The van der Waals surface area contributed by atoms with E-state index in [1.165, 1.54) is 16.0 Å². The number of β-lactam (4-membered cyclic amide) rings is 1. The number of aryl methyl sites for hydroxylation is 1. The van der Waals surface area contributed by atoms with Crippen LogP contribution in [0.25, 0.3) is 0 Å². The highest BCUT2D eigenvalue weighted by atomic mass is 79.9. The monoisotopic (exact) mass is 437 g/mol. The van der Waals surface area contributed by atoms with Crippen molar-refractivity contribution in [2.45, 2.75) is 17.9 Å². The highest BCUT2D eigenvalue weighted by Gasteiger charge is 2.48. The van der Waals surface area contributed by atoms with Crippen LogP contribution in [0.2, 0.25) is 0 Å². The molecule has 0 N–H and O–H groups in total. The zero-order valence-electron chi connectivity index (χ0n) is 15.0. The van der Waals surface area contributed by atoms with Gasteiger partial charge < -0.3 is 4.90 Å². The molecule has 0 spiro atoms. The van der Waals surface area contributed by atoms with E-state index in [2.05, 4.69) is 59.3 Å². The predicted octanol–water partition coefficient (Wildman–Crippen LogP) is 6.25. The second-order valence-electron chi connectivity index (χ2n) is 6.77. The van der Waals surface area contributed by atoms with Crippen LogP contribution in [-0.2, 0) is 4.79 Å². The Morgan fingerprint density at radius 2 is 1.59 bits per heavy atom. The molecule has 27 heavy (non-hydrogen) atoms. The fourth-order valence-corrected chi connectivity index (χ4v) is 4.74. The number of carbonyl (C=O) groups is 1. The summed E-state index contributed by atoms with van der Waals surface area (Å²) in [5.74, 6) is 0.974. The van der Waals surface area contributed by atoms with E-state index in [-0.39, 0.29) is 17.9 Å². The molecule has 1 saturated heterocycles. The third-order valence-electron chi connectivity index (χ3n) is 4.91. The van der Waals surface area contributed by atoms with Gasteiger partial charge >= 0.3 is 0 Å². The predicted molar refractivity (Wildman–Crippen MR) is 116 cm³/mol. The second-order valence-corrected chi connectivity index (χ2v) is 8.78. The molecular formula is C23H20BrNOS. The van der Waals surface area contributed by atoms with Crippen LogP contribution in [0.1, 0.15) is 17.2 Å². The zero-order chi connectivity index (χ0) is 18.8. The van der Waals surface area contributed by atoms with Gasteiger partial charge in [0, 0.05) is 20.8 Å². The van der Waals surface area contributed by atoms with Crippen molar-refractivity contribution in [3.8, 4) is 0 Å². The zero-order valence-corrected chi connectivity index (χ0v) is 17.4. The Labute approximate surface area is 172 Å². The lowest BCUT2D eigenvalue weighted by atomic mass is 9.83. The van der Waals surface area contributed by atoms with Gasteiger partial charge in [-0.25, -0.2) is 0 Å². The number of carbonyl (C=O) groups excluding carboxylic acids is 1. The van der Waals surface area contributed by atoms with Crippen LogP contribution in [0.15, 0.2) is 88.2 Å². The first-order chi connectivity index (χ1) is 13.1. The summed E-state index contributed by atoms with van der Waals surface area (Å²) < 4.78 is 1.07. The molecular weight excluding hydrogens is 418 g/mol. The molecule has 2 atom stereocenters. The lowest BCUT2D eigenvalue weighted by Gasteiger charge is -2.47. The number of amides is 1. The Bertz CT molecular complexity index is 925. The third-order valence-corrected chi connectivity index (χ3v) is 6.57. The van der Waals surface area contributed by atoms with Crippen molar-refractivity contribution in [3.05, 3.63) is 94.5 Å². The number of thioether (sulfide) groups is 1. The molecule has 1 aliphatic heterocycles. The number of anilines is 1. The van der Waals surface area contributed by atoms with E-state index in [1.54, 1.807) is 11.8 Å². The van der Waals surface area contributed by atoms with Gasteiger partial charge in [0.05, 0.1) is 12.0 Å². The Hall–Kier alpha value is -2.04. The number of benzene rings is 3. The van der Waals surface area contributed by atoms with E-state index >= 15 is 0 Å². The molecule has 1 heterocycles. The van der Waals surface area contributed by atoms with Gasteiger partial charge in [-0.3, -0.25) is 4.79 Å². The molecule has 1 fully saturated rings. The van der Waals surface area contributed by atoms with E-state index in [9.17, 15) is 4.79 Å². The van der Waals surface area contributed by atoms with Crippen molar-refractivity contribution in [2.24, 2.45) is 5.92 Å². The lowest BCUT2D eigenvalue weighted by molar-refractivity contribution is -0.129. The highest BCUT2D eigenvalue weighted by molar-refractivity contribution is 9.10. The standard InChI is InChI=1S/C23H20BrNOS/c1-16-7-11-19(12-8-16)25-22(17-5-3-2-4-6-17)21(23(25)26)15-27-20-13-9-18(24)10-14-20/h2-14,21-22H,15H2,1H3/t21-,22+/m1/s1. The molecule has 0 aliphatic carbocycles. The summed E-state index contributed by atoms with van der Waals surface area (Å²) >= 11 is 5.22. The molecule has 3 aromatic rings. The van der Waals surface area contributed by atoms with Crippen molar-refractivity contribution in [1.29, 1.82) is 0 Å². The SMILES string of the molecule is Cc1ccc(N2C(=O)[C@H](CSc3ccc(Br)cc3)[C@@H]2c2ccccc2)cc1. The van der Waals surface area contributed by atoms with Crippen LogP contribution in [0.5, 0.6) is 0 Å². The largest absolute Gasteiger partial charge is 0.304 e. The molecule has 3 aromatic carbocycles. The van der Waals surface area contributed by atoms with Gasteiger partial charge in [0.1, 0.15) is 0 Å². The van der Waals surface area contributed by atoms with E-state index in [4.69, 9.17) is 0 Å². The summed E-state index contributed by atoms with van der Waals surface area (Å²) in [6.07, 6.45) is 0. The van der Waals surface area contributed by atoms with Crippen molar-refractivity contribution in [3.63, 3.8) is 0 Å². The summed E-state index contributed by atoms with van der Waals surface area (Å²) in [7, 11) is 0. The summed E-state index contributed by atoms with van der Waals surface area (Å²) in [5, 5.41) is 0. The first-order valence-electron chi connectivity index (χ1n) is 8.96. The van der Waals surface area contributed by atoms with E-state index in [0.717, 1.165) is 15.9 Å². The van der Waals surface area contributed by atoms with Crippen molar-refractivity contribution >= 4 is 39.3 Å². The molecule has 4 heteroatoms. The molecule has 2 nitrogen and oxygen atoms in total. The molecule has 0 unspecified atom stereocenters. The molecule has 136 valence electrons. The smallest absolute Gasteiger partial charge is 0.233 e. The molecule has 1 amide bonds. The maximum absolute atomic E-state index is 13.0. The number of nitrogens with zero attached hydrogens (tertiary/aromatic N) is 1. The Morgan fingerprint density at radius 1 is 0.926 bits per heavy atom. The summed E-state index contributed by atoms with van der Waals surface area (Å²) in [6, 6.07) is 26.9. The van der Waals surface area contributed by atoms with Gasteiger partial charge in [0.25, 0.3) is 0 Å². The fourth-order valence-electron chi connectivity index (χ4n) is 3.45. The fraction of sp³-hybridized carbons (Fsp3) is 0.174. The molecule has 1 aliphatic rings. The number of hydrogen-bond acceptors (Lipinski definition) is 2. The van der Waals surface area contributed by atoms with Crippen LogP contribution < -0.4 is 4.90 Å². The van der Waals surface area contributed by atoms with Gasteiger partial charge in [0.2, 0.25) is 5.91 Å². The Balaban J connectivity index is 1.58. The number of rotatable bonds is 5. The van der Waals surface area contributed by atoms with E-state index < -0.39 is 0 Å². The van der Waals surface area contributed by atoms with Crippen molar-refractivity contribution < 1.29 is 4.79 Å². The van der Waals surface area contributed by atoms with Crippen molar-refractivity contribution in [2.75, 3.05) is 10.7 Å². The number of halogens is 1. The minimum Gasteiger partial charge on any atom is -0.304 e. The molecule has 0 bridgehead atoms. The second kappa shape index (κ2) is 7.91. The van der Waals surface area contributed by atoms with Gasteiger partial charge in [-0.05, 0) is 48.9 Å². The average Bonchev–Trinajstić information content (AvgIpc) is 2.69. The van der Waals surface area contributed by atoms with E-state index in [0.29, 0.717) is 0 Å². The quantitative estimate of drug-likeness (QED) is 0.347. The molecule has 4 rings (SSSR count). The minimum absolute atomic E-state index is 0.0117. The number of hydrogen-bond donors (Lipinski definition) is 0. The van der Waals surface area contributed by atoms with Crippen LogP contribution in [-0.4, -0.2) is 11.7 Å². The maximum atomic E-state index is 13.0. The molecule has 0 radical (unpaired) electrons. The topological polar surface area (TPSA) is 20.3 Å². The van der Waals surface area contributed by atoms with Gasteiger partial charge in [-0.15, -0.1) is 11.8 Å². The molecule has 0 aromatic heterocycles. The molecule has 0 saturated carbocycles. The van der Waals surface area contributed by atoms with Crippen LogP contribution in [0.4, 0.5) is 5.69 Å². The van der Waals surface area contributed by atoms with Gasteiger partial charge in [-0.1, -0.05) is 64.0 Å². The summed E-state index contributed by atoms with van der Waals surface area (Å²) in [5.41, 5.74) is 3.37. The summed E-state index contributed by atoms with van der Waals surface area (Å²) in [4.78, 5) is 16.1. The normalized spacial score (nSPS) is 19.0. The van der Waals surface area contributed by atoms with Crippen LogP contribution >= 0.6 is 27.7 Å². The first kappa shape index (κ1) is 18.3. The Morgan fingerprint density at radius 3 is 2.26 bits per heavy atom. The van der Waals surface area contributed by atoms with Crippen LogP contribution in [0.3, 0.4) is 0 Å². The van der Waals surface area contributed by atoms with E-state index in [1.807, 2.05) is 47.4 Å². The average molecular weight is 438 g/mol. The minimum atomic E-state index is -0.0117. The lowest BCUT2D eigenvalue weighted by Crippen LogP contribution is -2.56. The highest BCUT2D eigenvalue weighted by Crippen LogP contribution is 2.45. The first-order valence-corrected chi connectivity index (χ1v) is 10.7. The third kappa shape index (κ3) is 3.83. The van der Waals surface area contributed by atoms with Gasteiger partial charge in [-0.2, -0.15) is 0 Å². The Kier molecular flexibility index (Phi) is 5.37. The van der Waals surface area contributed by atoms with Gasteiger partial charge in [0.15, 0.2) is 0 Å². The maximum Gasteiger partial charge on any atom is 0.233 e. The van der Waals surface area contributed by atoms with Crippen LogP contribution in [0, 0.1) is 12.8 Å². The van der Waals surface area contributed by atoms with Crippen molar-refractivity contribution in [1.82, 2.24) is 0 Å². The summed E-state index contributed by atoms with van der Waals surface area (Å²) in [6.45, 7) is 2.06.